The summed E-state index contributed by atoms with van der Waals surface area (Å²) in [5, 5.41) is 28.1. The van der Waals surface area contributed by atoms with Crippen LogP contribution in [-0.4, -0.2) is 37.8 Å². The molecule has 1 unspecified atom stereocenters. The van der Waals surface area contributed by atoms with Crippen LogP contribution in [-0.2, 0) is 35.7 Å². The van der Waals surface area contributed by atoms with Gasteiger partial charge in [0.25, 0.3) is 0 Å². The standard InChI is InChI=1S/C33H41N3O4/c1-24-12-13-26(20-29(24)22-37)14-15-28(21-32(38)39)30-16-17-31-33(25(30)2)34-35-36(31)18-8-3-4-9-19-40-23-27-10-6-5-7-11-27/h5-7,10-13,16-17,20,28,37H,3-4,8-9,14-15,18-19,21-23H2,1-2H3,(H,38,39). The molecule has 1 heterocycles. The van der Waals surface area contributed by atoms with Gasteiger partial charge in [0, 0.05) is 13.2 Å². The second-order valence-corrected chi connectivity index (χ2v) is 10.7. The number of nitrogens with zero attached hydrogens (tertiary/aromatic N) is 3. The zero-order valence-corrected chi connectivity index (χ0v) is 23.7. The van der Waals surface area contributed by atoms with Crippen molar-refractivity contribution in [1.29, 1.82) is 0 Å². The minimum atomic E-state index is -0.807. The molecule has 0 aliphatic carbocycles. The topological polar surface area (TPSA) is 97.5 Å². The average Bonchev–Trinajstić information content (AvgIpc) is 3.37. The van der Waals surface area contributed by atoms with Gasteiger partial charge >= 0.3 is 5.97 Å². The van der Waals surface area contributed by atoms with Crippen molar-refractivity contribution in [2.75, 3.05) is 6.61 Å². The third-order valence-electron chi connectivity index (χ3n) is 7.73. The van der Waals surface area contributed by atoms with Gasteiger partial charge in [-0.2, -0.15) is 0 Å². The number of aliphatic carboxylic acids is 1. The fraction of sp³-hybridized carbons (Fsp3) is 0.424. The molecule has 40 heavy (non-hydrogen) atoms. The van der Waals surface area contributed by atoms with E-state index in [0.29, 0.717) is 13.0 Å². The van der Waals surface area contributed by atoms with Crippen LogP contribution in [0.15, 0.2) is 60.7 Å². The summed E-state index contributed by atoms with van der Waals surface area (Å²) >= 11 is 0. The predicted molar refractivity (Wildman–Crippen MR) is 157 cm³/mol. The van der Waals surface area contributed by atoms with E-state index in [1.165, 1.54) is 5.56 Å². The Kier molecular flexibility index (Phi) is 10.8. The van der Waals surface area contributed by atoms with Gasteiger partial charge in [0.2, 0.25) is 0 Å². The largest absolute Gasteiger partial charge is 0.481 e. The van der Waals surface area contributed by atoms with Crippen molar-refractivity contribution in [3.63, 3.8) is 0 Å². The van der Waals surface area contributed by atoms with Crippen LogP contribution in [0, 0.1) is 13.8 Å². The van der Waals surface area contributed by atoms with E-state index in [2.05, 4.69) is 34.6 Å². The molecule has 4 rings (SSSR count). The zero-order valence-electron chi connectivity index (χ0n) is 23.7. The van der Waals surface area contributed by atoms with Crippen LogP contribution in [0.2, 0.25) is 0 Å². The molecular formula is C33H41N3O4. The van der Waals surface area contributed by atoms with E-state index in [9.17, 15) is 15.0 Å². The highest BCUT2D eigenvalue weighted by Crippen LogP contribution is 2.32. The highest BCUT2D eigenvalue weighted by molar-refractivity contribution is 5.80. The van der Waals surface area contributed by atoms with E-state index in [0.717, 1.165) is 84.1 Å². The average molecular weight is 544 g/mol. The number of aliphatic hydroxyl groups excluding tert-OH is 1. The minimum absolute atomic E-state index is 0.00678. The molecule has 0 amide bonds. The first-order valence-electron chi connectivity index (χ1n) is 14.3. The van der Waals surface area contributed by atoms with Crippen LogP contribution in [0.1, 0.15) is 77.8 Å². The summed E-state index contributed by atoms with van der Waals surface area (Å²) in [7, 11) is 0. The van der Waals surface area contributed by atoms with Crippen molar-refractivity contribution < 1.29 is 19.7 Å². The van der Waals surface area contributed by atoms with Gasteiger partial charge in [-0.05, 0) is 84.9 Å². The number of carboxylic acids is 1. The second-order valence-electron chi connectivity index (χ2n) is 10.7. The van der Waals surface area contributed by atoms with E-state index < -0.39 is 5.97 Å². The number of rotatable bonds is 16. The third-order valence-corrected chi connectivity index (χ3v) is 7.73. The van der Waals surface area contributed by atoms with Crippen LogP contribution in [0.4, 0.5) is 0 Å². The fourth-order valence-electron chi connectivity index (χ4n) is 5.34. The second kappa shape index (κ2) is 14.7. The molecule has 2 N–H and O–H groups in total. The summed E-state index contributed by atoms with van der Waals surface area (Å²) < 4.78 is 7.75. The molecule has 7 nitrogen and oxygen atoms in total. The van der Waals surface area contributed by atoms with Crippen LogP contribution in [0.3, 0.4) is 0 Å². The summed E-state index contributed by atoms with van der Waals surface area (Å²) in [5.74, 6) is -0.936. The molecule has 0 saturated carbocycles. The molecule has 0 radical (unpaired) electrons. The molecule has 212 valence electrons. The van der Waals surface area contributed by atoms with E-state index in [-0.39, 0.29) is 18.9 Å². The monoisotopic (exact) mass is 543 g/mol. The van der Waals surface area contributed by atoms with Gasteiger partial charge in [-0.3, -0.25) is 4.79 Å². The molecule has 0 spiro atoms. The predicted octanol–water partition coefficient (Wildman–Crippen LogP) is 6.51. The van der Waals surface area contributed by atoms with Crippen molar-refractivity contribution in [3.05, 3.63) is 94.0 Å². The summed E-state index contributed by atoms with van der Waals surface area (Å²) in [6.45, 7) is 6.25. The summed E-state index contributed by atoms with van der Waals surface area (Å²) in [5.41, 5.74) is 8.15. The number of ether oxygens (including phenoxy) is 1. The Morgan fingerprint density at radius 1 is 0.975 bits per heavy atom. The molecule has 4 aromatic rings. The highest BCUT2D eigenvalue weighted by Gasteiger charge is 2.21. The van der Waals surface area contributed by atoms with Crippen molar-refractivity contribution in [2.24, 2.45) is 0 Å². The number of aromatic nitrogens is 3. The smallest absolute Gasteiger partial charge is 0.303 e. The molecule has 7 heteroatoms. The maximum Gasteiger partial charge on any atom is 0.303 e. The summed E-state index contributed by atoms with van der Waals surface area (Å²) in [4.78, 5) is 11.7. The molecular weight excluding hydrogens is 502 g/mol. The molecule has 0 fully saturated rings. The molecule has 3 aromatic carbocycles. The number of fused-ring (bicyclic) bond motifs is 1. The van der Waals surface area contributed by atoms with Crippen LogP contribution in [0.5, 0.6) is 0 Å². The molecule has 1 aromatic heterocycles. The molecule has 0 bridgehead atoms. The Morgan fingerprint density at radius 3 is 2.55 bits per heavy atom. The first kappa shape index (κ1) is 29.4. The summed E-state index contributed by atoms with van der Waals surface area (Å²) in [6, 6.07) is 20.4. The van der Waals surface area contributed by atoms with Gasteiger partial charge in [0.1, 0.15) is 5.52 Å². The fourth-order valence-corrected chi connectivity index (χ4v) is 5.34. The minimum Gasteiger partial charge on any atom is -0.481 e. The van der Waals surface area contributed by atoms with Gasteiger partial charge in [0.15, 0.2) is 0 Å². The van der Waals surface area contributed by atoms with E-state index in [4.69, 9.17) is 4.74 Å². The van der Waals surface area contributed by atoms with Crippen molar-refractivity contribution in [1.82, 2.24) is 15.0 Å². The van der Waals surface area contributed by atoms with Crippen molar-refractivity contribution in [2.45, 2.75) is 84.5 Å². The van der Waals surface area contributed by atoms with E-state index in [1.807, 2.05) is 54.9 Å². The SMILES string of the molecule is Cc1ccc(CCC(CC(=O)O)c2ccc3c(nnn3CCCCCCOCc3ccccc3)c2C)cc1CO. The summed E-state index contributed by atoms with van der Waals surface area (Å²) in [6.07, 6.45) is 5.79. The lowest BCUT2D eigenvalue weighted by atomic mass is 9.86. The van der Waals surface area contributed by atoms with Gasteiger partial charge in [-0.1, -0.05) is 72.7 Å². The number of unbranched alkanes of at least 4 members (excludes halogenated alkanes) is 3. The number of aryl methyl sites for hydroxylation is 4. The normalized spacial score (nSPS) is 12.2. The number of benzene rings is 3. The maximum atomic E-state index is 11.7. The van der Waals surface area contributed by atoms with Gasteiger partial charge in [-0.15, -0.1) is 5.10 Å². The van der Waals surface area contributed by atoms with Gasteiger partial charge < -0.3 is 14.9 Å². The number of aliphatic hydroxyl groups is 1. The van der Waals surface area contributed by atoms with Crippen LogP contribution in [0.25, 0.3) is 11.0 Å². The lowest BCUT2D eigenvalue weighted by Gasteiger charge is -2.18. The first-order chi connectivity index (χ1) is 19.5. The molecule has 0 saturated heterocycles. The highest BCUT2D eigenvalue weighted by atomic mass is 16.5. The number of carbonyl (C=O) groups is 1. The van der Waals surface area contributed by atoms with Crippen molar-refractivity contribution >= 4 is 17.0 Å². The number of hydrogen-bond acceptors (Lipinski definition) is 5. The third kappa shape index (κ3) is 7.99. The number of hydrogen-bond donors (Lipinski definition) is 2. The Balaban J connectivity index is 1.31. The lowest BCUT2D eigenvalue weighted by Crippen LogP contribution is -2.10. The van der Waals surface area contributed by atoms with E-state index >= 15 is 0 Å². The quantitative estimate of drug-likeness (QED) is 0.156. The molecule has 0 aliphatic heterocycles. The molecule has 1 atom stereocenters. The maximum absolute atomic E-state index is 11.7. The number of carboxylic acid groups (broad SMARTS) is 1. The Bertz CT molecular complexity index is 1380. The van der Waals surface area contributed by atoms with Crippen molar-refractivity contribution in [3.8, 4) is 0 Å². The van der Waals surface area contributed by atoms with Gasteiger partial charge in [-0.25, -0.2) is 4.68 Å². The lowest BCUT2D eigenvalue weighted by molar-refractivity contribution is -0.137. The van der Waals surface area contributed by atoms with Crippen LogP contribution >= 0.6 is 0 Å². The molecule has 0 aliphatic rings. The first-order valence-corrected chi connectivity index (χ1v) is 14.3. The van der Waals surface area contributed by atoms with Crippen LogP contribution < -0.4 is 0 Å². The zero-order chi connectivity index (χ0) is 28.3. The van der Waals surface area contributed by atoms with E-state index in [1.54, 1.807) is 0 Å². The Hall–Kier alpha value is -3.55. The van der Waals surface area contributed by atoms with Gasteiger partial charge in [0.05, 0.1) is 25.2 Å². The Morgan fingerprint density at radius 2 is 1.77 bits per heavy atom. The Labute approximate surface area is 236 Å².